The standard InChI is InChI=1S/C10H17NO2/c1-11-6-7-4-2-3-5-8(7)9(11)10(12)13/h7-9H,2-6H2,1H3,(H,12,13)/t7-,8+,9+/m1/s1. The van der Waals surface area contributed by atoms with Gasteiger partial charge < -0.3 is 5.11 Å². The monoisotopic (exact) mass is 183 g/mol. The summed E-state index contributed by atoms with van der Waals surface area (Å²) in [7, 11) is 1.94. The number of carboxylic acid groups (broad SMARTS) is 1. The molecule has 1 heterocycles. The van der Waals surface area contributed by atoms with Gasteiger partial charge in [-0.1, -0.05) is 12.8 Å². The van der Waals surface area contributed by atoms with Gasteiger partial charge in [-0.25, -0.2) is 0 Å². The maximum atomic E-state index is 11.0. The van der Waals surface area contributed by atoms with Crippen LogP contribution in [-0.4, -0.2) is 35.6 Å². The number of aliphatic carboxylic acids is 1. The van der Waals surface area contributed by atoms with Gasteiger partial charge in [0.2, 0.25) is 0 Å². The molecule has 1 saturated carbocycles. The first kappa shape index (κ1) is 9.00. The number of likely N-dealkylation sites (N-methyl/N-ethyl adjacent to an activating group) is 1. The summed E-state index contributed by atoms with van der Waals surface area (Å²) >= 11 is 0. The summed E-state index contributed by atoms with van der Waals surface area (Å²) in [5.41, 5.74) is 0. The van der Waals surface area contributed by atoms with Crippen LogP contribution in [0.4, 0.5) is 0 Å². The molecule has 0 amide bonds. The van der Waals surface area contributed by atoms with E-state index in [0.717, 1.165) is 13.0 Å². The third-order valence-corrected chi connectivity index (χ3v) is 3.62. The molecule has 2 fully saturated rings. The highest BCUT2D eigenvalue weighted by atomic mass is 16.4. The number of nitrogens with zero attached hydrogens (tertiary/aromatic N) is 1. The van der Waals surface area contributed by atoms with Crippen molar-refractivity contribution in [1.29, 1.82) is 0 Å². The lowest BCUT2D eigenvalue weighted by Gasteiger charge is -2.26. The zero-order valence-electron chi connectivity index (χ0n) is 8.07. The average molecular weight is 183 g/mol. The summed E-state index contributed by atoms with van der Waals surface area (Å²) < 4.78 is 0. The molecule has 0 radical (unpaired) electrons. The molecule has 2 aliphatic rings. The number of fused-ring (bicyclic) bond motifs is 1. The van der Waals surface area contributed by atoms with Crippen molar-refractivity contribution in [3.8, 4) is 0 Å². The van der Waals surface area contributed by atoms with Crippen molar-refractivity contribution >= 4 is 5.97 Å². The van der Waals surface area contributed by atoms with Gasteiger partial charge >= 0.3 is 5.97 Å². The fourth-order valence-corrected chi connectivity index (χ4v) is 3.06. The SMILES string of the molecule is CN1C[C@H]2CCCC[C@@H]2[C@H]1C(=O)O. The van der Waals surface area contributed by atoms with Gasteiger partial charge in [0, 0.05) is 6.54 Å². The Hall–Kier alpha value is -0.570. The molecule has 3 heteroatoms. The molecule has 0 aromatic rings. The van der Waals surface area contributed by atoms with Gasteiger partial charge in [-0.05, 0) is 31.7 Å². The lowest BCUT2D eigenvalue weighted by molar-refractivity contribution is -0.143. The second kappa shape index (κ2) is 3.29. The first-order valence-corrected chi connectivity index (χ1v) is 5.13. The van der Waals surface area contributed by atoms with E-state index in [1.54, 1.807) is 0 Å². The van der Waals surface area contributed by atoms with Crippen molar-refractivity contribution in [2.45, 2.75) is 31.7 Å². The van der Waals surface area contributed by atoms with Crippen LogP contribution in [0.3, 0.4) is 0 Å². The molecule has 74 valence electrons. The van der Waals surface area contributed by atoms with E-state index in [9.17, 15) is 4.79 Å². The van der Waals surface area contributed by atoms with Gasteiger partial charge in [0.15, 0.2) is 0 Å². The maximum absolute atomic E-state index is 11.0. The Labute approximate surface area is 78.7 Å². The molecule has 1 N–H and O–H groups in total. The predicted octanol–water partition coefficient (Wildman–Crippen LogP) is 1.19. The van der Waals surface area contributed by atoms with Gasteiger partial charge in [-0.2, -0.15) is 0 Å². The third-order valence-electron chi connectivity index (χ3n) is 3.62. The average Bonchev–Trinajstić information content (AvgIpc) is 2.39. The van der Waals surface area contributed by atoms with Gasteiger partial charge in [-0.3, -0.25) is 9.69 Å². The lowest BCUT2D eigenvalue weighted by Crippen LogP contribution is -2.37. The van der Waals surface area contributed by atoms with Crippen molar-refractivity contribution in [3.05, 3.63) is 0 Å². The quantitative estimate of drug-likeness (QED) is 0.664. The summed E-state index contributed by atoms with van der Waals surface area (Å²) in [6, 6.07) is -0.203. The third kappa shape index (κ3) is 1.46. The summed E-state index contributed by atoms with van der Waals surface area (Å²) in [5.74, 6) is 0.452. The van der Waals surface area contributed by atoms with E-state index >= 15 is 0 Å². The van der Waals surface area contributed by atoms with E-state index in [2.05, 4.69) is 0 Å². The van der Waals surface area contributed by atoms with Gasteiger partial charge in [0.1, 0.15) is 6.04 Å². The van der Waals surface area contributed by atoms with E-state index in [0.29, 0.717) is 11.8 Å². The van der Waals surface area contributed by atoms with Crippen LogP contribution >= 0.6 is 0 Å². The van der Waals surface area contributed by atoms with Crippen molar-refractivity contribution < 1.29 is 9.90 Å². The zero-order valence-corrected chi connectivity index (χ0v) is 8.07. The van der Waals surface area contributed by atoms with Crippen LogP contribution in [0.25, 0.3) is 0 Å². The van der Waals surface area contributed by atoms with Crippen LogP contribution in [0.1, 0.15) is 25.7 Å². The van der Waals surface area contributed by atoms with E-state index < -0.39 is 5.97 Å². The first-order valence-electron chi connectivity index (χ1n) is 5.13. The van der Waals surface area contributed by atoms with Crippen molar-refractivity contribution in [1.82, 2.24) is 4.90 Å². The largest absolute Gasteiger partial charge is 0.480 e. The predicted molar refractivity (Wildman–Crippen MR) is 49.5 cm³/mol. The van der Waals surface area contributed by atoms with Crippen LogP contribution in [0.5, 0.6) is 0 Å². The topological polar surface area (TPSA) is 40.5 Å². The van der Waals surface area contributed by atoms with E-state index in [4.69, 9.17) is 5.11 Å². The van der Waals surface area contributed by atoms with Gasteiger partial charge in [-0.15, -0.1) is 0 Å². The number of hydrogen-bond acceptors (Lipinski definition) is 2. The maximum Gasteiger partial charge on any atom is 0.321 e. The summed E-state index contributed by atoms with van der Waals surface area (Å²) in [6.45, 7) is 0.988. The number of rotatable bonds is 1. The molecule has 1 aliphatic heterocycles. The minimum atomic E-state index is -0.628. The Bertz CT molecular complexity index is 217. The fourth-order valence-electron chi connectivity index (χ4n) is 3.06. The summed E-state index contributed by atoms with van der Waals surface area (Å²) in [4.78, 5) is 13.0. The molecule has 13 heavy (non-hydrogen) atoms. The molecular weight excluding hydrogens is 166 g/mol. The molecule has 0 bridgehead atoms. The number of hydrogen-bond donors (Lipinski definition) is 1. The molecule has 1 aliphatic carbocycles. The zero-order chi connectivity index (χ0) is 9.42. The Balaban J connectivity index is 2.13. The highest BCUT2D eigenvalue weighted by Gasteiger charge is 2.44. The van der Waals surface area contributed by atoms with E-state index in [1.807, 2.05) is 11.9 Å². The van der Waals surface area contributed by atoms with Crippen molar-refractivity contribution in [3.63, 3.8) is 0 Å². The second-order valence-electron chi connectivity index (χ2n) is 4.43. The normalized spacial score (nSPS) is 40.2. The Kier molecular flexibility index (Phi) is 2.28. The summed E-state index contributed by atoms with van der Waals surface area (Å²) in [6.07, 6.45) is 4.87. The van der Waals surface area contributed by atoms with Gasteiger partial charge in [0.25, 0.3) is 0 Å². The molecule has 0 aromatic carbocycles. The minimum absolute atomic E-state index is 0.203. The van der Waals surface area contributed by atoms with Crippen molar-refractivity contribution in [2.75, 3.05) is 13.6 Å². The van der Waals surface area contributed by atoms with Crippen LogP contribution < -0.4 is 0 Å². The van der Waals surface area contributed by atoms with E-state index in [-0.39, 0.29) is 6.04 Å². The minimum Gasteiger partial charge on any atom is -0.480 e. The summed E-state index contributed by atoms with van der Waals surface area (Å²) in [5, 5.41) is 9.08. The highest BCUT2D eigenvalue weighted by Crippen LogP contribution is 2.39. The number of carbonyl (C=O) groups is 1. The van der Waals surface area contributed by atoms with Crippen molar-refractivity contribution in [2.24, 2.45) is 11.8 Å². The smallest absolute Gasteiger partial charge is 0.321 e. The Morgan fingerprint density at radius 1 is 1.38 bits per heavy atom. The van der Waals surface area contributed by atoms with Crippen LogP contribution in [0.2, 0.25) is 0 Å². The molecule has 2 rings (SSSR count). The molecule has 0 spiro atoms. The molecule has 0 aromatic heterocycles. The first-order chi connectivity index (χ1) is 6.20. The van der Waals surface area contributed by atoms with Crippen LogP contribution in [0.15, 0.2) is 0 Å². The Morgan fingerprint density at radius 2 is 2.08 bits per heavy atom. The molecule has 3 nitrogen and oxygen atoms in total. The Morgan fingerprint density at radius 3 is 2.77 bits per heavy atom. The molecular formula is C10H17NO2. The number of carboxylic acids is 1. The highest BCUT2D eigenvalue weighted by molar-refractivity contribution is 5.74. The fraction of sp³-hybridized carbons (Fsp3) is 0.900. The molecule has 3 atom stereocenters. The van der Waals surface area contributed by atoms with E-state index in [1.165, 1.54) is 19.3 Å². The molecule has 0 unspecified atom stereocenters. The lowest BCUT2D eigenvalue weighted by atomic mass is 9.78. The van der Waals surface area contributed by atoms with Gasteiger partial charge in [0.05, 0.1) is 0 Å². The van der Waals surface area contributed by atoms with Crippen LogP contribution in [-0.2, 0) is 4.79 Å². The number of likely N-dealkylation sites (tertiary alicyclic amines) is 1. The second-order valence-corrected chi connectivity index (χ2v) is 4.43. The van der Waals surface area contributed by atoms with Crippen LogP contribution in [0, 0.1) is 11.8 Å². The molecule has 1 saturated heterocycles.